The van der Waals surface area contributed by atoms with E-state index in [1.165, 1.54) is 0 Å². The second-order valence-corrected chi connectivity index (χ2v) is 6.64. The maximum absolute atomic E-state index is 14.0. The van der Waals surface area contributed by atoms with Gasteiger partial charge in [-0.1, -0.05) is 24.9 Å². The molecule has 0 aromatic carbocycles. The molecule has 1 amide bonds. The third-order valence-corrected chi connectivity index (χ3v) is 3.21. The number of anilines is 1. The van der Waals surface area contributed by atoms with Crippen molar-refractivity contribution >= 4 is 23.5 Å². The van der Waals surface area contributed by atoms with Crippen LogP contribution >= 0.6 is 11.6 Å². The number of halogens is 2. The van der Waals surface area contributed by atoms with Crippen LogP contribution in [0.5, 0.6) is 0 Å². The summed E-state index contributed by atoms with van der Waals surface area (Å²) in [6.07, 6.45) is 0.949. The Bertz CT molecular complexity index is 626. The molecular formula is C16H22ClFN4O2. The molecule has 1 aromatic heterocycles. The van der Waals surface area contributed by atoms with Crippen LogP contribution in [-0.2, 0) is 4.74 Å². The van der Waals surface area contributed by atoms with Gasteiger partial charge in [0.15, 0.2) is 11.6 Å². The Morgan fingerprint density at radius 3 is 2.75 bits per heavy atom. The van der Waals surface area contributed by atoms with E-state index in [9.17, 15) is 9.18 Å². The summed E-state index contributed by atoms with van der Waals surface area (Å²) in [5, 5.41) is 14.3. The van der Waals surface area contributed by atoms with Gasteiger partial charge in [0.05, 0.1) is 5.56 Å². The highest BCUT2D eigenvalue weighted by molar-refractivity contribution is 6.30. The van der Waals surface area contributed by atoms with Crippen LogP contribution in [-0.4, -0.2) is 29.3 Å². The van der Waals surface area contributed by atoms with Crippen LogP contribution in [0.15, 0.2) is 6.07 Å². The van der Waals surface area contributed by atoms with Gasteiger partial charge in [-0.15, -0.1) is 0 Å². The summed E-state index contributed by atoms with van der Waals surface area (Å²) in [7, 11) is 0. The predicted octanol–water partition coefficient (Wildman–Crippen LogP) is 3.85. The van der Waals surface area contributed by atoms with E-state index in [0.717, 1.165) is 12.5 Å². The summed E-state index contributed by atoms with van der Waals surface area (Å²) in [4.78, 5) is 15.6. The Morgan fingerprint density at radius 2 is 2.21 bits per heavy atom. The molecule has 0 fully saturated rings. The number of nitriles is 1. The van der Waals surface area contributed by atoms with Crippen LogP contribution in [0.25, 0.3) is 0 Å². The lowest BCUT2D eigenvalue weighted by Gasteiger charge is -2.23. The van der Waals surface area contributed by atoms with Crippen molar-refractivity contribution in [2.75, 3.05) is 11.9 Å². The Balaban J connectivity index is 2.75. The molecule has 1 aromatic rings. The molecule has 8 heteroatoms. The van der Waals surface area contributed by atoms with E-state index in [1.807, 2.05) is 6.92 Å². The number of nitrogens with one attached hydrogen (secondary N) is 2. The van der Waals surface area contributed by atoms with Crippen LogP contribution < -0.4 is 10.6 Å². The number of rotatable bonds is 6. The lowest BCUT2D eigenvalue weighted by atomic mass is 10.1. The minimum atomic E-state index is -0.672. The number of amides is 1. The number of hydrogen-bond donors (Lipinski definition) is 2. The number of hydrogen-bond acceptors (Lipinski definition) is 5. The van der Waals surface area contributed by atoms with Crippen LogP contribution in [0, 0.1) is 17.1 Å². The van der Waals surface area contributed by atoms with E-state index in [0.29, 0.717) is 6.42 Å². The molecule has 0 radical (unpaired) electrons. The second-order valence-electron chi connectivity index (χ2n) is 6.28. The van der Waals surface area contributed by atoms with E-state index in [1.54, 1.807) is 26.8 Å². The van der Waals surface area contributed by atoms with Crippen molar-refractivity contribution in [3.05, 3.63) is 22.6 Å². The van der Waals surface area contributed by atoms with Gasteiger partial charge in [-0.05, 0) is 33.3 Å². The maximum Gasteiger partial charge on any atom is 0.407 e. The van der Waals surface area contributed by atoms with Gasteiger partial charge in [0.1, 0.15) is 16.8 Å². The van der Waals surface area contributed by atoms with E-state index in [4.69, 9.17) is 21.6 Å². The lowest BCUT2D eigenvalue weighted by molar-refractivity contribution is 0.0525. The molecule has 6 nitrogen and oxygen atoms in total. The van der Waals surface area contributed by atoms with E-state index < -0.39 is 17.5 Å². The molecule has 0 saturated heterocycles. The molecule has 132 valence electrons. The number of nitrogens with zero attached hydrogens (tertiary/aromatic N) is 2. The van der Waals surface area contributed by atoms with Crippen molar-refractivity contribution < 1.29 is 13.9 Å². The number of pyridine rings is 1. The normalized spacial score (nSPS) is 12.2. The number of carbonyl (C=O) groups is 1. The zero-order valence-corrected chi connectivity index (χ0v) is 15.0. The molecule has 0 aliphatic rings. The topological polar surface area (TPSA) is 87.0 Å². The Kier molecular flexibility index (Phi) is 7.23. The minimum Gasteiger partial charge on any atom is -0.444 e. The summed E-state index contributed by atoms with van der Waals surface area (Å²) in [6, 6.07) is 2.54. The van der Waals surface area contributed by atoms with Crippen molar-refractivity contribution in [1.29, 1.82) is 5.26 Å². The fraction of sp³-hybridized carbons (Fsp3) is 0.562. The van der Waals surface area contributed by atoms with Crippen molar-refractivity contribution in [2.24, 2.45) is 0 Å². The zero-order valence-electron chi connectivity index (χ0n) is 14.2. The van der Waals surface area contributed by atoms with Crippen LogP contribution in [0.2, 0.25) is 5.15 Å². The number of carbonyl (C=O) groups excluding carboxylic acids is 1. The molecule has 1 rings (SSSR count). The van der Waals surface area contributed by atoms with Crippen LogP contribution in [0.4, 0.5) is 15.0 Å². The average molecular weight is 357 g/mol. The van der Waals surface area contributed by atoms with Gasteiger partial charge in [-0.3, -0.25) is 0 Å². The molecule has 0 aliphatic carbocycles. The van der Waals surface area contributed by atoms with Crippen LogP contribution in [0.3, 0.4) is 0 Å². The first kappa shape index (κ1) is 20.0. The maximum atomic E-state index is 14.0. The first-order valence-electron chi connectivity index (χ1n) is 7.65. The number of alkyl carbamates (subject to hydrolysis) is 1. The highest BCUT2D eigenvalue weighted by Gasteiger charge is 2.19. The second kappa shape index (κ2) is 8.69. The van der Waals surface area contributed by atoms with Gasteiger partial charge in [-0.25, -0.2) is 14.2 Å². The van der Waals surface area contributed by atoms with Crippen molar-refractivity contribution in [3.8, 4) is 6.07 Å². The predicted molar refractivity (Wildman–Crippen MR) is 90.5 cm³/mol. The highest BCUT2D eigenvalue weighted by Crippen LogP contribution is 2.20. The smallest absolute Gasteiger partial charge is 0.407 e. The molecule has 0 unspecified atom stereocenters. The zero-order chi connectivity index (χ0) is 18.3. The Hall–Kier alpha value is -2.07. The molecule has 0 spiro atoms. The van der Waals surface area contributed by atoms with Crippen molar-refractivity contribution in [2.45, 2.75) is 52.2 Å². The van der Waals surface area contributed by atoms with Crippen molar-refractivity contribution in [3.63, 3.8) is 0 Å². The minimum absolute atomic E-state index is 0.0290. The molecule has 1 heterocycles. The number of ether oxygens (including phenoxy) is 1. The van der Waals surface area contributed by atoms with Crippen molar-refractivity contribution in [1.82, 2.24) is 10.3 Å². The lowest BCUT2D eigenvalue weighted by Crippen LogP contribution is -2.39. The van der Waals surface area contributed by atoms with Gasteiger partial charge < -0.3 is 15.4 Å². The first-order valence-corrected chi connectivity index (χ1v) is 8.03. The highest BCUT2D eigenvalue weighted by atomic mass is 35.5. The summed E-state index contributed by atoms with van der Waals surface area (Å²) < 4.78 is 19.2. The van der Waals surface area contributed by atoms with Gasteiger partial charge in [0.25, 0.3) is 0 Å². The molecule has 1 atom stereocenters. The van der Waals surface area contributed by atoms with Gasteiger partial charge in [-0.2, -0.15) is 5.26 Å². The van der Waals surface area contributed by atoms with Gasteiger partial charge in [0, 0.05) is 12.6 Å². The van der Waals surface area contributed by atoms with E-state index in [2.05, 4.69) is 15.6 Å². The summed E-state index contributed by atoms with van der Waals surface area (Å²) >= 11 is 5.83. The summed E-state index contributed by atoms with van der Waals surface area (Å²) in [5.74, 6) is -0.724. The number of aromatic nitrogens is 1. The Labute approximate surface area is 146 Å². The Morgan fingerprint density at radius 1 is 1.54 bits per heavy atom. The molecule has 0 saturated carbocycles. The molecule has 24 heavy (non-hydrogen) atoms. The standard InChI is InChI=1S/C16H22ClFN4O2/c1-5-6-11(9-20-15(23)24-16(2,3)4)21-14-12(18)7-10(8-19)13(17)22-14/h7,11H,5-6,9H2,1-4H3,(H,20,23)(H,21,22)/t11-/m1/s1. The fourth-order valence-corrected chi connectivity index (χ4v) is 2.12. The molecule has 0 aliphatic heterocycles. The molecule has 0 bridgehead atoms. The monoisotopic (exact) mass is 356 g/mol. The first-order chi connectivity index (χ1) is 11.2. The van der Waals surface area contributed by atoms with E-state index >= 15 is 0 Å². The molecule has 2 N–H and O–H groups in total. The van der Waals surface area contributed by atoms with E-state index in [-0.39, 0.29) is 29.1 Å². The SMILES string of the molecule is CCC[C@H](CNC(=O)OC(C)(C)C)Nc1nc(Cl)c(C#N)cc1F. The summed E-state index contributed by atoms with van der Waals surface area (Å²) in [6.45, 7) is 7.52. The third kappa shape index (κ3) is 6.59. The van der Waals surface area contributed by atoms with Gasteiger partial charge in [0.2, 0.25) is 0 Å². The average Bonchev–Trinajstić information content (AvgIpc) is 2.46. The molecular weight excluding hydrogens is 335 g/mol. The quantitative estimate of drug-likeness (QED) is 0.756. The van der Waals surface area contributed by atoms with Crippen LogP contribution in [0.1, 0.15) is 46.1 Å². The van der Waals surface area contributed by atoms with Gasteiger partial charge >= 0.3 is 6.09 Å². The largest absolute Gasteiger partial charge is 0.444 e. The third-order valence-electron chi connectivity index (χ3n) is 2.92. The summed E-state index contributed by atoms with van der Waals surface area (Å²) in [5.41, 5.74) is -0.620. The fourth-order valence-electron chi connectivity index (χ4n) is 1.93.